The molecule has 2 aliphatic rings. The number of rotatable bonds is 38. The van der Waals surface area contributed by atoms with E-state index in [9.17, 15) is 0 Å². The number of pyridine rings is 8. The number of piperidine rings is 2. The van der Waals surface area contributed by atoms with Gasteiger partial charge >= 0.3 is 0 Å². The quantitative estimate of drug-likeness (QED) is 0.0161. The minimum absolute atomic E-state index is 0.759. The Bertz CT molecular complexity index is 2670. The molecule has 2 aliphatic heterocycles. The number of anilines is 4. The second-order valence-electron chi connectivity index (χ2n) is 23.2. The lowest BCUT2D eigenvalue weighted by Gasteiger charge is -2.25. The fourth-order valence-electron chi connectivity index (χ4n) is 10.3. The molecule has 0 bridgehead atoms. The Kier molecular flexibility index (Phi) is 41.9. The Balaban J connectivity index is 0.000000185. The van der Waals surface area contributed by atoms with Crippen LogP contribution in [0.1, 0.15) is 112 Å². The van der Waals surface area contributed by atoms with E-state index in [1.165, 1.54) is 139 Å². The Morgan fingerprint density at radius 2 is 0.538 bits per heavy atom. The predicted octanol–water partition coefficient (Wildman–Crippen LogP) is 10.8. The van der Waals surface area contributed by atoms with Crippen LogP contribution in [0.25, 0.3) is 0 Å². The molecule has 19 nitrogen and oxygen atoms in total. The number of aryl methyl sites for hydroxylation is 1. The molecule has 500 valence electrons. The highest BCUT2D eigenvalue weighted by Gasteiger charge is 2.13. The zero-order valence-electron chi connectivity index (χ0n) is 55.3. The summed E-state index contributed by atoms with van der Waals surface area (Å²) in [5.74, 6) is 0. The molecular weight excluding hydrogens is 1150 g/mol. The molecule has 0 radical (unpaired) electrons. The van der Waals surface area contributed by atoms with Crippen molar-refractivity contribution in [3.8, 4) is 0 Å². The third-order valence-electron chi connectivity index (χ3n) is 15.7. The summed E-state index contributed by atoms with van der Waals surface area (Å²) in [4.78, 5) is 32.0. The van der Waals surface area contributed by atoms with Crippen LogP contribution in [0.15, 0.2) is 196 Å². The van der Waals surface area contributed by atoms with Gasteiger partial charge in [-0.05, 0) is 275 Å². The van der Waals surface area contributed by atoms with Crippen LogP contribution in [0.2, 0.25) is 0 Å². The normalized spacial score (nSPS) is 12.8. The minimum atomic E-state index is 0.759. The summed E-state index contributed by atoms with van der Waals surface area (Å²) in [5, 5.41) is 38.0. The van der Waals surface area contributed by atoms with Gasteiger partial charge in [0.25, 0.3) is 0 Å². The van der Waals surface area contributed by atoms with Gasteiger partial charge in [0.1, 0.15) is 0 Å². The zero-order valence-corrected chi connectivity index (χ0v) is 55.3. The Labute approximate surface area is 556 Å². The van der Waals surface area contributed by atoms with Crippen molar-refractivity contribution in [2.24, 2.45) is 0 Å². The van der Waals surface area contributed by atoms with Crippen LogP contribution in [0, 0.1) is 0 Å². The second-order valence-corrected chi connectivity index (χ2v) is 23.2. The van der Waals surface area contributed by atoms with E-state index in [1.807, 2.05) is 122 Å². The zero-order chi connectivity index (χ0) is 64.5. The van der Waals surface area contributed by atoms with E-state index < -0.39 is 0 Å². The monoisotopic (exact) mass is 1260 g/mol. The largest absolute Gasteiger partial charge is 0.385 e. The maximum Gasteiger partial charge on any atom is 0.0371 e. The molecule has 93 heavy (non-hydrogen) atoms. The van der Waals surface area contributed by atoms with Crippen molar-refractivity contribution in [3.63, 3.8) is 0 Å². The number of hydrogen-bond donors (Lipinski definition) is 11. The van der Waals surface area contributed by atoms with Gasteiger partial charge in [-0.15, -0.1) is 0 Å². The van der Waals surface area contributed by atoms with Gasteiger partial charge < -0.3 is 58.5 Å². The first-order chi connectivity index (χ1) is 46.2. The molecular formula is C74H109N19. The number of nitrogens with one attached hydrogen (secondary N) is 11. The molecule has 19 heteroatoms. The van der Waals surface area contributed by atoms with Gasteiger partial charge in [-0.2, -0.15) is 0 Å². The molecule has 2 fully saturated rings. The van der Waals surface area contributed by atoms with E-state index in [-0.39, 0.29) is 0 Å². The van der Waals surface area contributed by atoms with Gasteiger partial charge in [-0.25, -0.2) is 0 Å². The van der Waals surface area contributed by atoms with Crippen molar-refractivity contribution < 1.29 is 0 Å². The molecule has 0 unspecified atom stereocenters. The van der Waals surface area contributed by atoms with Crippen molar-refractivity contribution >= 4 is 22.7 Å². The summed E-state index contributed by atoms with van der Waals surface area (Å²) in [6.07, 6.45) is 48.7. The molecule has 0 amide bonds. The first-order valence-electron chi connectivity index (χ1n) is 34.4. The highest BCUT2D eigenvalue weighted by atomic mass is 15.0. The minimum Gasteiger partial charge on any atom is -0.385 e. The molecule has 2 saturated heterocycles. The third kappa shape index (κ3) is 39.3. The lowest BCUT2D eigenvalue weighted by Crippen LogP contribution is -2.42. The maximum atomic E-state index is 4.04. The average Bonchev–Trinajstić information content (AvgIpc) is 3.67. The van der Waals surface area contributed by atoms with Crippen LogP contribution in [0.4, 0.5) is 22.7 Å². The lowest BCUT2D eigenvalue weighted by molar-refractivity contribution is 0.366. The molecule has 0 atom stereocenters. The van der Waals surface area contributed by atoms with Crippen molar-refractivity contribution in [1.82, 2.24) is 77.1 Å². The molecule has 10 heterocycles. The van der Waals surface area contributed by atoms with Gasteiger partial charge in [0, 0.05) is 173 Å². The summed E-state index contributed by atoms with van der Waals surface area (Å²) in [5.41, 5.74) is 9.83. The van der Waals surface area contributed by atoms with Crippen molar-refractivity contribution in [2.45, 2.75) is 128 Å². The smallest absolute Gasteiger partial charge is 0.0371 e. The van der Waals surface area contributed by atoms with Crippen molar-refractivity contribution in [2.75, 3.05) is 113 Å². The number of hydrogen-bond acceptors (Lipinski definition) is 19. The molecule has 0 aromatic carbocycles. The topological polar surface area (TPSA) is 235 Å². The van der Waals surface area contributed by atoms with E-state index in [4.69, 9.17) is 0 Å². The molecule has 11 N–H and O–H groups in total. The highest BCUT2D eigenvalue weighted by Crippen LogP contribution is 2.10. The van der Waals surface area contributed by atoms with Crippen LogP contribution in [0.3, 0.4) is 0 Å². The van der Waals surface area contributed by atoms with Crippen LogP contribution < -0.4 is 58.5 Å². The summed E-state index contributed by atoms with van der Waals surface area (Å²) in [6.45, 7) is 17.1. The van der Waals surface area contributed by atoms with Crippen molar-refractivity contribution in [3.05, 3.63) is 218 Å². The van der Waals surface area contributed by atoms with E-state index >= 15 is 0 Å². The van der Waals surface area contributed by atoms with Gasteiger partial charge in [-0.3, -0.25) is 39.9 Å². The van der Waals surface area contributed by atoms with Crippen LogP contribution in [-0.4, -0.2) is 144 Å². The maximum absolute atomic E-state index is 4.04. The van der Waals surface area contributed by atoms with Crippen LogP contribution in [0.5, 0.6) is 0 Å². The summed E-state index contributed by atoms with van der Waals surface area (Å²) >= 11 is 0. The lowest BCUT2D eigenvalue weighted by atomic mass is 10.1. The average molecular weight is 1260 g/mol. The number of unbranched alkanes of at least 4 members (excludes halogenated alkanes) is 5. The molecule has 0 spiro atoms. The standard InChI is InChI=1S/C18H25N3.C16H22N4.C14H18N4.C13H28N4.C13H16N4/c1(3-5-17-6-13-20-14-7-17)2-4-11-19-12-8-18-9-15-21-16-10-18;1(7-19-13-15-3-9-17-10-4-15)2-8-20-14-16-5-11-18-12-6-16;1(7-17-13-3-9-15-10-4-13)2-8-18-14-5-11-16-12-6-14;2*1(6-16-12-2-8-14-9-3-12)7-17-13-4-10-15-11-5-13/h6-7,9-10,13-16,19H,1-5,8,11-12H2;3-6,9-12,19-20H,1-2,7-8,13-14H2;3-6,9-12H,1-2,7-8H2,(H,15,17)(H,16,18);12-17H,1-11H2;2-5,8-11H,1,6-7H2,(H,14,16)(H,15,17). The van der Waals surface area contributed by atoms with Crippen molar-refractivity contribution in [1.29, 1.82) is 0 Å². The van der Waals surface area contributed by atoms with Gasteiger partial charge in [0.05, 0.1) is 0 Å². The summed E-state index contributed by atoms with van der Waals surface area (Å²) in [6, 6.07) is 33.9. The van der Waals surface area contributed by atoms with Crippen LogP contribution >= 0.6 is 0 Å². The Morgan fingerprint density at radius 3 is 0.914 bits per heavy atom. The molecule has 8 aromatic heterocycles. The summed E-state index contributed by atoms with van der Waals surface area (Å²) < 4.78 is 0. The molecule has 0 aliphatic carbocycles. The molecule has 10 rings (SSSR count). The van der Waals surface area contributed by atoms with E-state index in [2.05, 4.69) is 123 Å². The predicted molar refractivity (Wildman–Crippen MR) is 386 cm³/mol. The fourth-order valence-corrected chi connectivity index (χ4v) is 10.3. The Hall–Kier alpha value is -7.88. The van der Waals surface area contributed by atoms with E-state index in [1.54, 1.807) is 49.6 Å². The van der Waals surface area contributed by atoms with Gasteiger partial charge in [0.2, 0.25) is 0 Å². The number of nitrogens with zero attached hydrogens (tertiary/aromatic N) is 8. The first-order valence-corrected chi connectivity index (χ1v) is 34.4. The SMILES string of the molecule is C(CNC1CCNCC1)CNC1CCNCC1.c1cc(CCCCCCNCCc2ccncc2)ccn1.c1cc(CNCCCCNCc2ccncc2)ccn1.c1cc(NCCCCNc2ccncc2)ccn1.c1cc(NCCCNc2ccncc2)ccn1. The third-order valence-corrected chi connectivity index (χ3v) is 15.7. The van der Waals surface area contributed by atoms with E-state index in [0.29, 0.717) is 0 Å². The number of aromatic nitrogens is 8. The van der Waals surface area contributed by atoms with E-state index in [0.717, 1.165) is 126 Å². The molecule has 8 aromatic rings. The Morgan fingerprint density at radius 1 is 0.258 bits per heavy atom. The molecule has 0 saturated carbocycles. The second kappa shape index (κ2) is 52.6. The summed E-state index contributed by atoms with van der Waals surface area (Å²) in [7, 11) is 0. The fraction of sp³-hybridized carbons (Fsp3) is 0.459. The van der Waals surface area contributed by atoms with Gasteiger partial charge in [-0.1, -0.05) is 12.8 Å². The van der Waals surface area contributed by atoms with Crippen LogP contribution in [-0.2, 0) is 25.9 Å². The highest BCUT2D eigenvalue weighted by molar-refractivity contribution is 5.43. The first kappa shape index (κ1) is 74.2. The van der Waals surface area contributed by atoms with Gasteiger partial charge in [0.15, 0.2) is 0 Å².